The Labute approximate surface area is 281 Å². The molecule has 0 spiro atoms. The first-order valence-corrected chi connectivity index (χ1v) is 21.0. The molecule has 0 unspecified atom stereocenters. The molecular formula is C30H39FN6O8S2Si. The zero-order chi connectivity index (χ0) is 35.4. The molecule has 0 saturated heterocycles. The van der Waals surface area contributed by atoms with Crippen LogP contribution < -0.4 is 23.2 Å². The normalized spacial score (nSPS) is 14.0. The number of aliphatic hydroxyl groups is 1. The Kier molecular flexibility index (Phi) is 11.1. The molecule has 0 aliphatic carbocycles. The van der Waals surface area contributed by atoms with Crippen LogP contribution in [0.3, 0.4) is 0 Å². The number of nitrogens with zero attached hydrogens (tertiary/aromatic N) is 5. The second kappa shape index (κ2) is 14.6. The predicted octanol–water partition coefficient (Wildman–Crippen LogP) is 3.53. The minimum absolute atomic E-state index is 0.0499. The van der Waals surface area contributed by atoms with Gasteiger partial charge in [-0.05, 0) is 48.9 Å². The number of methoxy groups -OCH3 is 3. The number of pyridine rings is 1. The third-order valence-electron chi connectivity index (χ3n) is 7.57. The van der Waals surface area contributed by atoms with Crippen LogP contribution in [0.4, 0.5) is 10.3 Å². The SMILES string of the molecule is COc1cccc(-c2nnc(N(CC[Si](C)(C)C)S(=O)(=O)[C@](C)(N[SH](=O)=O)[C@@H](O)c3ccc(F)cc3)n2-c2c(OC)cccc2OC)n1. The van der Waals surface area contributed by atoms with Gasteiger partial charge in [-0.2, -0.15) is 4.72 Å². The summed E-state index contributed by atoms with van der Waals surface area (Å²) >= 11 is 0. The summed E-state index contributed by atoms with van der Waals surface area (Å²) in [6.45, 7) is 6.98. The van der Waals surface area contributed by atoms with Crippen molar-refractivity contribution in [3.8, 4) is 34.6 Å². The number of sulfonamides is 1. The summed E-state index contributed by atoms with van der Waals surface area (Å²) in [5.74, 6) is -0.0569. The first kappa shape index (κ1) is 36.7. The summed E-state index contributed by atoms with van der Waals surface area (Å²) in [6, 6.07) is 14.7. The highest BCUT2D eigenvalue weighted by atomic mass is 32.2. The molecule has 48 heavy (non-hydrogen) atoms. The van der Waals surface area contributed by atoms with Gasteiger partial charge >= 0.3 is 0 Å². The number of nitrogens with one attached hydrogen (secondary N) is 1. The first-order valence-electron chi connectivity index (χ1n) is 14.6. The van der Waals surface area contributed by atoms with Crippen molar-refractivity contribution in [3.63, 3.8) is 0 Å². The fraction of sp³-hybridized carbons (Fsp3) is 0.367. The molecule has 0 aliphatic rings. The summed E-state index contributed by atoms with van der Waals surface area (Å²) in [5, 5.41) is 20.3. The van der Waals surface area contributed by atoms with Crippen molar-refractivity contribution in [2.75, 3.05) is 32.2 Å². The zero-order valence-electron chi connectivity index (χ0n) is 27.5. The average Bonchev–Trinajstić information content (AvgIpc) is 3.47. The van der Waals surface area contributed by atoms with Gasteiger partial charge in [0, 0.05) is 20.7 Å². The highest BCUT2D eigenvalue weighted by Gasteiger charge is 2.52. The molecule has 4 aromatic rings. The smallest absolute Gasteiger partial charge is 0.260 e. The number of anilines is 1. The molecule has 18 heteroatoms. The second-order valence-electron chi connectivity index (χ2n) is 12.1. The van der Waals surface area contributed by atoms with E-state index in [0.717, 1.165) is 23.4 Å². The van der Waals surface area contributed by atoms with E-state index in [1.54, 1.807) is 36.4 Å². The summed E-state index contributed by atoms with van der Waals surface area (Å²) < 4.78 is 89.4. The number of hydrogen-bond acceptors (Lipinski definition) is 11. The molecule has 0 saturated carbocycles. The average molecular weight is 723 g/mol. The zero-order valence-corrected chi connectivity index (χ0v) is 30.3. The lowest BCUT2D eigenvalue weighted by Crippen LogP contribution is -2.59. The van der Waals surface area contributed by atoms with Gasteiger partial charge in [0.2, 0.25) is 22.7 Å². The Morgan fingerprint density at radius 1 is 0.979 bits per heavy atom. The number of benzene rings is 2. The van der Waals surface area contributed by atoms with E-state index in [-0.39, 0.29) is 52.6 Å². The van der Waals surface area contributed by atoms with Crippen LogP contribution in [0.15, 0.2) is 60.7 Å². The van der Waals surface area contributed by atoms with E-state index in [0.29, 0.717) is 6.04 Å². The van der Waals surface area contributed by atoms with Crippen molar-refractivity contribution in [1.29, 1.82) is 0 Å². The van der Waals surface area contributed by atoms with Gasteiger partial charge < -0.3 is 19.3 Å². The van der Waals surface area contributed by atoms with Crippen LogP contribution in [-0.4, -0.2) is 82.5 Å². The van der Waals surface area contributed by atoms with Gasteiger partial charge in [0.25, 0.3) is 10.0 Å². The van der Waals surface area contributed by atoms with Crippen LogP contribution in [-0.2, 0) is 20.9 Å². The number of rotatable bonds is 15. The molecule has 0 radical (unpaired) electrons. The largest absolute Gasteiger partial charge is 0.494 e. The van der Waals surface area contributed by atoms with E-state index >= 15 is 8.42 Å². The highest BCUT2D eigenvalue weighted by molar-refractivity contribution is 7.94. The molecular weight excluding hydrogens is 684 g/mol. The number of para-hydroxylation sites is 1. The molecule has 0 aliphatic heterocycles. The fourth-order valence-corrected chi connectivity index (χ4v) is 8.68. The van der Waals surface area contributed by atoms with Crippen LogP contribution in [0.2, 0.25) is 25.7 Å². The van der Waals surface area contributed by atoms with Gasteiger partial charge in [0.1, 0.15) is 34.8 Å². The standard InChI is InChI=1S/C30H39FN6O8S2Si/c1-30(35-46(39)40,27(38)20-14-16-21(31)17-15-20)47(41,42)36(18-19-48(5,6)7)29-34-33-28(22-10-8-13-25(32-22)45-4)37(29)26-23(43-2)11-9-12-24(26)44-3/h8-17,27,38,46H,18-19H2,1-7H3,(H,35,39,40)/t27-,30-/m0/s1. The van der Waals surface area contributed by atoms with E-state index < -0.39 is 45.8 Å². The fourth-order valence-electron chi connectivity index (χ4n) is 4.91. The van der Waals surface area contributed by atoms with Gasteiger partial charge in [-0.1, -0.05) is 43.9 Å². The summed E-state index contributed by atoms with van der Waals surface area (Å²) in [5.41, 5.74) is 0.420. The molecule has 2 aromatic carbocycles. The number of hydrogen-bond donors (Lipinski definition) is 3. The van der Waals surface area contributed by atoms with Gasteiger partial charge in [-0.3, -0.25) is 4.57 Å². The first-order chi connectivity index (χ1) is 22.6. The van der Waals surface area contributed by atoms with Gasteiger partial charge in [-0.15, -0.1) is 10.2 Å². The highest BCUT2D eigenvalue weighted by Crippen LogP contribution is 2.41. The van der Waals surface area contributed by atoms with Crippen molar-refractivity contribution in [1.82, 2.24) is 24.5 Å². The van der Waals surface area contributed by atoms with Crippen LogP contribution in [0.1, 0.15) is 18.6 Å². The van der Waals surface area contributed by atoms with E-state index in [2.05, 4.69) is 19.9 Å². The van der Waals surface area contributed by atoms with E-state index in [1.165, 1.54) is 38.0 Å². The maximum atomic E-state index is 15.0. The lowest BCUT2D eigenvalue weighted by Gasteiger charge is -2.38. The van der Waals surface area contributed by atoms with Crippen molar-refractivity contribution in [2.45, 2.75) is 43.6 Å². The quantitative estimate of drug-likeness (QED) is 0.121. The van der Waals surface area contributed by atoms with Crippen molar-refractivity contribution in [2.24, 2.45) is 0 Å². The third kappa shape index (κ3) is 7.46. The summed E-state index contributed by atoms with van der Waals surface area (Å²) in [7, 11) is -6.29. The van der Waals surface area contributed by atoms with Crippen LogP contribution in [0, 0.1) is 5.82 Å². The number of aromatic nitrogens is 4. The van der Waals surface area contributed by atoms with Crippen LogP contribution >= 0.6 is 0 Å². The number of ether oxygens (including phenoxy) is 3. The minimum atomic E-state index is -4.98. The monoisotopic (exact) mass is 722 g/mol. The molecule has 260 valence electrons. The molecule has 14 nitrogen and oxygen atoms in total. The Bertz CT molecular complexity index is 1910. The van der Waals surface area contributed by atoms with Crippen molar-refractivity contribution < 1.29 is 40.5 Å². The Morgan fingerprint density at radius 3 is 2.12 bits per heavy atom. The van der Waals surface area contributed by atoms with Gasteiger partial charge in [-0.25, -0.2) is 30.5 Å². The van der Waals surface area contributed by atoms with Crippen LogP contribution in [0.25, 0.3) is 17.2 Å². The minimum Gasteiger partial charge on any atom is -0.494 e. The topological polar surface area (TPSA) is 175 Å². The Balaban J connectivity index is 2.10. The maximum absolute atomic E-state index is 15.0. The van der Waals surface area contributed by atoms with Crippen LogP contribution in [0.5, 0.6) is 17.4 Å². The molecule has 0 fully saturated rings. The van der Waals surface area contributed by atoms with Crippen molar-refractivity contribution >= 4 is 34.9 Å². The van der Waals surface area contributed by atoms with E-state index in [9.17, 15) is 17.9 Å². The molecule has 2 N–H and O–H groups in total. The lowest BCUT2D eigenvalue weighted by molar-refractivity contribution is 0.126. The Hall–Kier alpha value is -4.10. The second-order valence-corrected chi connectivity index (χ2v) is 20.7. The molecule has 2 atom stereocenters. The molecule has 2 aromatic heterocycles. The number of aliphatic hydroxyl groups excluding tert-OH is 1. The summed E-state index contributed by atoms with van der Waals surface area (Å²) in [6.07, 6.45) is -2.00. The number of thiol groups is 1. The molecule has 0 amide bonds. The van der Waals surface area contributed by atoms with Crippen molar-refractivity contribution in [3.05, 3.63) is 72.0 Å². The third-order valence-corrected chi connectivity index (χ3v) is 12.4. The van der Waals surface area contributed by atoms with E-state index in [1.807, 2.05) is 19.6 Å². The number of halogens is 1. The lowest BCUT2D eigenvalue weighted by atomic mass is 10.0. The van der Waals surface area contributed by atoms with E-state index in [4.69, 9.17) is 14.2 Å². The Morgan fingerprint density at radius 2 is 1.58 bits per heavy atom. The molecule has 2 heterocycles. The maximum Gasteiger partial charge on any atom is 0.260 e. The molecule has 0 bridgehead atoms. The van der Waals surface area contributed by atoms with Gasteiger partial charge in [0.15, 0.2) is 10.7 Å². The summed E-state index contributed by atoms with van der Waals surface area (Å²) in [4.78, 5) is 1.87. The van der Waals surface area contributed by atoms with Gasteiger partial charge in [0.05, 0.1) is 21.3 Å². The molecule has 4 rings (SSSR count). The predicted molar refractivity (Wildman–Crippen MR) is 182 cm³/mol.